The first-order chi connectivity index (χ1) is 13.8. The number of amides is 4. The Hall–Kier alpha value is -2.74. The van der Waals surface area contributed by atoms with Crippen LogP contribution in [0.5, 0.6) is 0 Å². The summed E-state index contributed by atoms with van der Waals surface area (Å²) in [6.45, 7) is 5.15. The van der Waals surface area contributed by atoms with Crippen molar-refractivity contribution in [2.45, 2.75) is 45.2 Å². The molecule has 2 aliphatic rings. The van der Waals surface area contributed by atoms with E-state index in [4.69, 9.17) is 4.74 Å². The molecular formula is C21H27N3O5. The molecule has 1 saturated heterocycles. The molecule has 1 N–H and O–H groups in total. The number of nitrogens with one attached hydrogen (secondary N) is 1. The van der Waals surface area contributed by atoms with Gasteiger partial charge in [-0.1, -0.05) is 0 Å². The Morgan fingerprint density at radius 1 is 1.14 bits per heavy atom. The predicted octanol–water partition coefficient (Wildman–Crippen LogP) is 1.45. The molecule has 0 bridgehead atoms. The zero-order valence-corrected chi connectivity index (χ0v) is 17.1. The quantitative estimate of drug-likeness (QED) is 0.728. The van der Waals surface area contributed by atoms with Gasteiger partial charge in [-0.3, -0.25) is 24.1 Å². The molecule has 0 saturated carbocycles. The second-order valence-electron chi connectivity index (χ2n) is 7.71. The maximum absolute atomic E-state index is 12.7. The van der Waals surface area contributed by atoms with Crippen molar-refractivity contribution in [3.05, 3.63) is 34.9 Å². The molecule has 1 fully saturated rings. The van der Waals surface area contributed by atoms with Crippen LogP contribution in [0.2, 0.25) is 0 Å². The Labute approximate surface area is 170 Å². The zero-order chi connectivity index (χ0) is 21.1. The van der Waals surface area contributed by atoms with E-state index in [0.29, 0.717) is 50.1 Å². The molecule has 0 spiro atoms. The summed E-state index contributed by atoms with van der Waals surface area (Å²) in [4.78, 5) is 52.6. The number of piperidine rings is 1. The lowest BCUT2D eigenvalue weighted by molar-refractivity contribution is -0.133. The van der Waals surface area contributed by atoms with Crippen LogP contribution < -0.4 is 5.32 Å². The first-order valence-electron chi connectivity index (χ1n) is 9.93. The average Bonchev–Trinajstić information content (AvgIpc) is 2.96. The standard InChI is InChI=1S/C21H27N3O5/c1-13(2)24-20(27)16-5-4-14(12-17(16)21(24)28)19(26)22-15-6-9-23(10-7-15)18(25)8-11-29-3/h4-5,12-13,15H,6-11H2,1-3H3,(H,22,26). The maximum atomic E-state index is 12.7. The second kappa shape index (κ2) is 8.73. The Morgan fingerprint density at radius 2 is 1.79 bits per heavy atom. The Morgan fingerprint density at radius 3 is 2.41 bits per heavy atom. The van der Waals surface area contributed by atoms with Crippen LogP contribution in [0.25, 0.3) is 0 Å². The maximum Gasteiger partial charge on any atom is 0.261 e. The predicted molar refractivity (Wildman–Crippen MR) is 106 cm³/mol. The minimum atomic E-state index is -0.363. The number of rotatable bonds is 6. The fourth-order valence-corrected chi connectivity index (χ4v) is 3.76. The third-order valence-electron chi connectivity index (χ3n) is 5.40. The highest BCUT2D eigenvalue weighted by atomic mass is 16.5. The summed E-state index contributed by atoms with van der Waals surface area (Å²) in [5, 5.41) is 2.98. The number of nitrogens with zero attached hydrogens (tertiary/aromatic N) is 2. The van der Waals surface area contributed by atoms with Crippen LogP contribution in [0.3, 0.4) is 0 Å². The molecule has 1 aromatic rings. The van der Waals surface area contributed by atoms with Crippen LogP contribution in [0.4, 0.5) is 0 Å². The smallest absolute Gasteiger partial charge is 0.261 e. The van der Waals surface area contributed by atoms with E-state index in [1.165, 1.54) is 11.0 Å². The van der Waals surface area contributed by atoms with Gasteiger partial charge in [0.2, 0.25) is 5.91 Å². The third-order valence-corrected chi connectivity index (χ3v) is 5.40. The second-order valence-corrected chi connectivity index (χ2v) is 7.71. The third kappa shape index (κ3) is 4.32. The van der Waals surface area contributed by atoms with Crippen LogP contribution in [-0.2, 0) is 9.53 Å². The molecule has 0 radical (unpaired) electrons. The number of likely N-dealkylation sites (tertiary alicyclic amines) is 1. The zero-order valence-electron chi connectivity index (χ0n) is 17.1. The van der Waals surface area contributed by atoms with E-state index >= 15 is 0 Å². The number of hydrogen-bond donors (Lipinski definition) is 1. The minimum Gasteiger partial charge on any atom is -0.384 e. The van der Waals surface area contributed by atoms with Crippen LogP contribution in [0.1, 0.15) is 64.2 Å². The number of ether oxygens (including phenoxy) is 1. The Balaban J connectivity index is 1.60. The molecule has 0 atom stereocenters. The van der Waals surface area contributed by atoms with Crippen molar-refractivity contribution in [1.82, 2.24) is 15.1 Å². The molecule has 8 nitrogen and oxygen atoms in total. The molecule has 0 aliphatic carbocycles. The van der Waals surface area contributed by atoms with E-state index in [0.717, 1.165) is 0 Å². The number of fused-ring (bicyclic) bond motifs is 1. The van der Waals surface area contributed by atoms with Gasteiger partial charge in [0.25, 0.3) is 17.7 Å². The Kier molecular flexibility index (Phi) is 6.32. The average molecular weight is 401 g/mol. The minimum absolute atomic E-state index is 0.0354. The van der Waals surface area contributed by atoms with Crippen molar-refractivity contribution in [2.24, 2.45) is 0 Å². The summed E-state index contributed by atoms with van der Waals surface area (Å²) >= 11 is 0. The van der Waals surface area contributed by atoms with Gasteiger partial charge >= 0.3 is 0 Å². The number of benzene rings is 1. The van der Waals surface area contributed by atoms with Gasteiger partial charge in [0.15, 0.2) is 0 Å². The number of carbonyl (C=O) groups is 4. The van der Waals surface area contributed by atoms with Gasteiger partial charge in [-0.2, -0.15) is 0 Å². The lowest BCUT2D eigenvalue weighted by Crippen LogP contribution is -2.46. The van der Waals surface area contributed by atoms with Gasteiger partial charge < -0.3 is 15.0 Å². The molecule has 2 aliphatic heterocycles. The van der Waals surface area contributed by atoms with Gasteiger partial charge in [0.1, 0.15) is 0 Å². The highest BCUT2D eigenvalue weighted by molar-refractivity contribution is 6.22. The number of imide groups is 1. The summed E-state index contributed by atoms with van der Waals surface area (Å²) < 4.78 is 4.94. The molecule has 2 heterocycles. The van der Waals surface area contributed by atoms with Crippen molar-refractivity contribution < 1.29 is 23.9 Å². The van der Waals surface area contributed by atoms with Gasteiger partial charge in [-0.15, -0.1) is 0 Å². The van der Waals surface area contributed by atoms with Gasteiger partial charge in [0, 0.05) is 37.8 Å². The van der Waals surface area contributed by atoms with Crippen molar-refractivity contribution in [3.8, 4) is 0 Å². The van der Waals surface area contributed by atoms with E-state index in [9.17, 15) is 19.2 Å². The first kappa shape index (κ1) is 21.0. The summed E-state index contributed by atoms with van der Waals surface area (Å²) in [5.41, 5.74) is 0.965. The van der Waals surface area contributed by atoms with Crippen molar-refractivity contribution >= 4 is 23.6 Å². The van der Waals surface area contributed by atoms with E-state index in [1.54, 1.807) is 38.0 Å². The monoisotopic (exact) mass is 401 g/mol. The molecule has 0 unspecified atom stereocenters. The van der Waals surface area contributed by atoms with E-state index in [2.05, 4.69) is 5.32 Å². The number of hydrogen-bond acceptors (Lipinski definition) is 5. The van der Waals surface area contributed by atoms with Gasteiger partial charge in [-0.25, -0.2) is 0 Å². The van der Waals surface area contributed by atoms with E-state index < -0.39 is 0 Å². The van der Waals surface area contributed by atoms with Crippen LogP contribution in [0.15, 0.2) is 18.2 Å². The lowest BCUT2D eigenvalue weighted by Gasteiger charge is -2.32. The molecule has 1 aromatic carbocycles. The van der Waals surface area contributed by atoms with Crippen LogP contribution in [0, 0.1) is 0 Å². The number of carbonyl (C=O) groups excluding carboxylic acids is 4. The molecule has 3 rings (SSSR count). The van der Waals surface area contributed by atoms with E-state index in [1.807, 2.05) is 0 Å². The van der Waals surface area contributed by atoms with Crippen molar-refractivity contribution in [2.75, 3.05) is 26.8 Å². The van der Waals surface area contributed by atoms with Gasteiger partial charge in [-0.05, 0) is 44.9 Å². The van der Waals surface area contributed by atoms with Crippen molar-refractivity contribution in [3.63, 3.8) is 0 Å². The fourth-order valence-electron chi connectivity index (χ4n) is 3.76. The molecule has 0 aromatic heterocycles. The normalized spacial score (nSPS) is 17.1. The summed E-state index contributed by atoms with van der Waals surface area (Å²) in [6, 6.07) is 4.34. The highest BCUT2D eigenvalue weighted by Gasteiger charge is 2.37. The van der Waals surface area contributed by atoms with Crippen LogP contribution >= 0.6 is 0 Å². The molecule has 8 heteroatoms. The highest BCUT2D eigenvalue weighted by Crippen LogP contribution is 2.26. The molecule has 4 amide bonds. The summed E-state index contributed by atoms with van der Waals surface area (Å²) in [6.07, 6.45) is 1.71. The first-order valence-corrected chi connectivity index (χ1v) is 9.93. The summed E-state index contributed by atoms with van der Waals surface area (Å²) in [5.74, 6) is -0.900. The molecule has 156 valence electrons. The summed E-state index contributed by atoms with van der Waals surface area (Å²) in [7, 11) is 1.57. The molecular weight excluding hydrogens is 374 g/mol. The van der Waals surface area contributed by atoms with Crippen LogP contribution in [-0.4, -0.2) is 72.3 Å². The number of methoxy groups -OCH3 is 1. The lowest BCUT2D eigenvalue weighted by atomic mass is 10.0. The van der Waals surface area contributed by atoms with E-state index in [-0.39, 0.29) is 41.3 Å². The SMILES string of the molecule is COCCC(=O)N1CCC(NC(=O)c2ccc3c(c2)C(=O)N(C(C)C)C3=O)CC1. The fraction of sp³-hybridized carbons (Fsp3) is 0.524. The Bertz CT molecular complexity index is 828. The van der Waals surface area contributed by atoms with Crippen molar-refractivity contribution in [1.29, 1.82) is 0 Å². The largest absolute Gasteiger partial charge is 0.384 e. The topological polar surface area (TPSA) is 96.0 Å². The van der Waals surface area contributed by atoms with Gasteiger partial charge in [0.05, 0.1) is 24.2 Å². The molecule has 29 heavy (non-hydrogen) atoms.